The van der Waals surface area contributed by atoms with Crippen LogP contribution in [0, 0.1) is 0 Å². The first kappa shape index (κ1) is 9.31. The predicted octanol–water partition coefficient (Wildman–Crippen LogP) is 1.74. The summed E-state index contributed by atoms with van der Waals surface area (Å²) >= 11 is 1.97. The summed E-state index contributed by atoms with van der Waals surface area (Å²) in [6.45, 7) is 3.40. The van der Waals surface area contributed by atoms with Crippen molar-refractivity contribution in [1.82, 2.24) is 5.32 Å². The van der Waals surface area contributed by atoms with Gasteiger partial charge in [-0.15, -0.1) is 0 Å². The molecule has 0 aliphatic heterocycles. The molecule has 9 heavy (non-hydrogen) atoms. The number of hydrogen-bond acceptors (Lipinski definition) is 2. The Morgan fingerprint density at radius 3 is 2.56 bits per heavy atom. The molecule has 1 N–H and O–H groups in total. The first-order chi connectivity index (χ1) is 4.35. The van der Waals surface area contributed by atoms with Gasteiger partial charge in [-0.05, 0) is 32.7 Å². The molecule has 0 aromatic carbocycles. The van der Waals surface area contributed by atoms with Gasteiger partial charge in [0.25, 0.3) is 0 Å². The Hall–Kier alpha value is 0.310. The van der Waals surface area contributed by atoms with Crippen LogP contribution in [0.3, 0.4) is 0 Å². The summed E-state index contributed by atoms with van der Waals surface area (Å²) in [5, 5.41) is 4.01. The maximum absolute atomic E-state index is 3.15. The van der Waals surface area contributed by atoms with E-state index >= 15 is 0 Å². The van der Waals surface area contributed by atoms with Gasteiger partial charge in [-0.2, -0.15) is 11.8 Å². The van der Waals surface area contributed by atoms with Crippen molar-refractivity contribution in [3.8, 4) is 0 Å². The topological polar surface area (TPSA) is 12.0 Å². The highest BCUT2D eigenvalue weighted by Crippen LogP contribution is 2.12. The Balaban J connectivity index is 3.09. The van der Waals surface area contributed by atoms with Crippen molar-refractivity contribution in [2.45, 2.75) is 25.0 Å². The molecule has 0 radical (unpaired) electrons. The number of nitrogens with one attached hydrogen (secondary N) is 1. The third kappa shape index (κ3) is 4.79. The Kier molecular flexibility index (Phi) is 6.65. The molecule has 0 aliphatic rings. The summed E-state index contributed by atoms with van der Waals surface area (Å²) in [5.41, 5.74) is 0. The van der Waals surface area contributed by atoms with E-state index in [1.54, 1.807) is 0 Å². The lowest BCUT2D eigenvalue weighted by Crippen LogP contribution is -2.13. The van der Waals surface area contributed by atoms with Crippen LogP contribution in [0.1, 0.15) is 19.8 Å². The van der Waals surface area contributed by atoms with Gasteiger partial charge in [0.2, 0.25) is 0 Å². The van der Waals surface area contributed by atoms with Gasteiger partial charge in [0.15, 0.2) is 0 Å². The molecule has 0 spiro atoms. The molecule has 0 fully saturated rings. The molecule has 0 saturated carbocycles. The second-order valence-electron chi connectivity index (χ2n) is 2.16. The van der Waals surface area contributed by atoms with Crippen molar-refractivity contribution >= 4 is 11.8 Å². The Bertz CT molecular complexity index is 52.9. The molecule has 1 unspecified atom stereocenters. The molecule has 0 rings (SSSR count). The van der Waals surface area contributed by atoms with E-state index in [-0.39, 0.29) is 0 Å². The fraction of sp³-hybridized carbons (Fsp3) is 1.00. The van der Waals surface area contributed by atoms with Gasteiger partial charge in [0.05, 0.1) is 0 Å². The van der Waals surface area contributed by atoms with E-state index in [4.69, 9.17) is 0 Å². The number of thioether (sulfide) groups is 1. The monoisotopic (exact) mass is 147 g/mol. The Labute approximate surface area is 62.6 Å². The van der Waals surface area contributed by atoms with E-state index in [1.165, 1.54) is 12.8 Å². The summed E-state index contributed by atoms with van der Waals surface area (Å²) in [5.74, 6) is 0. The zero-order valence-corrected chi connectivity index (χ0v) is 7.42. The van der Waals surface area contributed by atoms with Crippen molar-refractivity contribution in [3.63, 3.8) is 0 Å². The molecule has 1 atom stereocenters. The molecule has 0 aromatic rings. The van der Waals surface area contributed by atoms with E-state index in [0.717, 1.165) is 11.8 Å². The van der Waals surface area contributed by atoms with Gasteiger partial charge in [0.1, 0.15) is 0 Å². The summed E-state index contributed by atoms with van der Waals surface area (Å²) in [6, 6.07) is 0. The largest absolute Gasteiger partial charge is 0.320 e. The van der Waals surface area contributed by atoms with Crippen LogP contribution in [0.2, 0.25) is 0 Å². The normalized spacial score (nSPS) is 13.7. The second-order valence-corrected chi connectivity index (χ2v) is 3.30. The van der Waals surface area contributed by atoms with Gasteiger partial charge in [-0.25, -0.2) is 0 Å². The van der Waals surface area contributed by atoms with Crippen molar-refractivity contribution < 1.29 is 0 Å². The minimum absolute atomic E-state index is 0.859. The molecule has 0 aliphatic carbocycles. The molecule has 1 nitrogen and oxygen atoms in total. The quantitative estimate of drug-likeness (QED) is 0.635. The van der Waals surface area contributed by atoms with E-state index in [1.807, 2.05) is 18.8 Å². The van der Waals surface area contributed by atoms with Crippen LogP contribution < -0.4 is 5.32 Å². The maximum atomic E-state index is 3.15. The van der Waals surface area contributed by atoms with E-state index < -0.39 is 0 Å². The van der Waals surface area contributed by atoms with E-state index in [2.05, 4.69) is 18.5 Å². The Morgan fingerprint density at radius 1 is 1.56 bits per heavy atom. The number of hydrogen-bond donors (Lipinski definition) is 1. The molecule has 0 amide bonds. The molecule has 56 valence electrons. The Morgan fingerprint density at radius 2 is 2.22 bits per heavy atom. The molecule has 2 heteroatoms. The highest BCUT2D eigenvalue weighted by molar-refractivity contribution is 7.99. The smallest absolute Gasteiger partial charge is 0.00537 e. The van der Waals surface area contributed by atoms with Crippen molar-refractivity contribution in [1.29, 1.82) is 0 Å². The molecule has 0 saturated heterocycles. The average molecular weight is 147 g/mol. The average Bonchev–Trinajstić information content (AvgIpc) is 1.91. The minimum Gasteiger partial charge on any atom is -0.320 e. The summed E-state index contributed by atoms with van der Waals surface area (Å²) in [4.78, 5) is 0. The SMILES string of the molecule is CCC(CCNC)SC. The van der Waals surface area contributed by atoms with Crippen LogP contribution in [0.4, 0.5) is 0 Å². The van der Waals surface area contributed by atoms with Crippen LogP contribution in [0.5, 0.6) is 0 Å². The summed E-state index contributed by atoms with van der Waals surface area (Å²) in [6.07, 6.45) is 4.78. The lowest BCUT2D eigenvalue weighted by atomic mass is 10.2. The van der Waals surface area contributed by atoms with Crippen LogP contribution in [-0.4, -0.2) is 25.1 Å². The third-order valence-corrected chi connectivity index (χ3v) is 2.74. The van der Waals surface area contributed by atoms with Crippen molar-refractivity contribution in [3.05, 3.63) is 0 Å². The van der Waals surface area contributed by atoms with Gasteiger partial charge >= 0.3 is 0 Å². The lowest BCUT2D eigenvalue weighted by molar-refractivity contribution is 0.681. The third-order valence-electron chi connectivity index (χ3n) is 1.50. The fourth-order valence-electron chi connectivity index (χ4n) is 0.794. The first-order valence-corrected chi connectivity index (χ1v) is 4.81. The zero-order valence-electron chi connectivity index (χ0n) is 6.61. The predicted molar refractivity (Wildman–Crippen MR) is 46.1 cm³/mol. The number of rotatable bonds is 5. The van der Waals surface area contributed by atoms with Crippen LogP contribution in [0.25, 0.3) is 0 Å². The maximum Gasteiger partial charge on any atom is 0.00537 e. The minimum atomic E-state index is 0.859. The highest BCUT2D eigenvalue weighted by Gasteiger charge is 2.00. The van der Waals surface area contributed by atoms with E-state index in [0.29, 0.717) is 0 Å². The van der Waals surface area contributed by atoms with Gasteiger partial charge < -0.3 is 5.32 Å². The molecule has 0 bridgehead atoms. The van der Waals surface area contributed by atoms with Gasteiger partial charge in [-0.1, -0.05) is 6.92 Å². The van der Waals surface area contributed by atoms with Crippen LogP contribution >= 0.6 is 11.8 Å². The first-order valence-electron chi connectivity index (χ1n) is 3.52. The fourth-order valence-corrected chi connectivity index (χ4v) is 1.48. The summed E-state index contributed by atoms with van der Waals surface area (Å²) < 4.78 is 0. The van der Waals surface area contributed by atoms with Crippen LogP contribution in [-0.2, 0) is 0 Å². The standard InChI is InChI=1S/C7H17NS/c1-4-7(9-3)5-6-8-2/h7-8H,4-6H2,1-3H3. The highest BCUT2D eigenvalue weighted by atomic mass is 32.2. The van der Waals surface area contributed by atoms with Crippen molar-refractivity contribution in [2.24, 2.45) is 0 Å². The molecule has 0 heterocycles. The van der Waals surface area contributed by atoms with Gasteiger partial charge in [-0.3, -0.25) is 0 Å². The summed E-state index contributed by atoms with van der Waals surface area (Å²) in [7, 11) is 2.01. The molecular formula is C7H17NS. The van der Waals surface area contributed by atoms with Crippen molar-refractivity contribution in [2.75, 3.05) is 19.8 Å². The molecular weight excluding hydrogens is 130 g/mol. The zero-order chi connectivity index (χ0) is 7.11. The van der Waals surface area contributed by atoms with E-state index in [9.17, 15) is 0 Å². The second kappa shape index (κ2) is 6.43. The lowest BCUT2D eigenvalue weighted by Gasteiger charge is -2.09. The van der Waals surface area contributed by atoms with Crippen LogP contribution in [0.15, 0.2) is 0 Å². The molecule has 0 aromatic heterocycles. The van der Waals surface area contributed by atoms with Gasteiger partial charge in [0, 0.05) is 5.25 Å².